The molecule has 1 unspecified atom stereocenters. The molecule has 0 saturated carbocycles. The number of likely N-dealkylation sites (N-methyl/N-ethyl adjacent to an activating group) is 1. The number of hydrogen-bond acceptors (Lipinski definition) is 6. The lowest BCUT2D eigenvalue weighted by atomic mass is 10.1. The number of carbonyl (C=O) groups excluding carboxylic acids is 1. The monoisotopic (exact) mass is 456 g/mol. The number of ether oxygens (including phenoxy) is 2. The minimum absolute atomic E-state index is 0.120. The van der Waals surface area contributed by atoms with Gasteiger partial charge in [-0.15, -0.1) is 0 Å². The predicted octanol–water partition coefficient (Wildman–Crippen LogP) is 1.93. The first-order valence-corrected chi connectivity index (χ1v) is 9.68. The minimum Gasteiger partial charge on any atom is -0.475 e. The van der Waals surface area contributed by atoms with Crippen molar-refractivity contribution in [1.29, 1.82) is 0 Å². The number of alkyl halides is 3. The van der Waals surface area contributed by atoms with Gasteiger partial charge < -0.3 is 24.4 Å². The van der Waals surface area contributed by atoms with Crippen LogP contribution >= 0.6 is 0 Å². The molecule has 0 saturated heterocycles. The highest BCUT2D eigenvalue weighted by atomic mass is 19.4. The molecule has 9 nitrogen and oxygen atoms in total. The molecule has 1 atom stereocenters. The molecule has 2 aromatic rings. The van der Waals surface area contributed by atoms with Crippen LogP contribution in [0.15, 0.2) is 30.5 Å². The maximum absolute atomic E-state index is 12.8. The first-order chi connectivity index (χ1) is 15.0. The summed E-state index contributed by atoms with van der Waals surface area (Å²) in [4.78, 5) is 25.8. The van der Waals surface area contributed by atoms with Crippen LogP contribution in [0.1, 0.15) is 17.3 Å². The van der Waals surface area contributed by atoms with Crippen LogP contribution in [0.2, 0.25) is 0 Å². The summed E-state index contributed by atoms with van der Waals surface area (Å²) in [6, 6.07) is 7.85. The van der Waals surface area contributed by atoms with Crippen LogP contribution in [-0.4, -0.2) is 76.7 Å². The first kappa shape index (κ1) is 23.4. The van der Waals surface area contributed by atoms with Gasteiger partial charge in [-0.25, -0.2) is 4.79 Å². The molecule has 0 aliphatic carbocycles. The Morgan fingerprint density at radius 2 is 1.91 bits per heavy atom. The zero-order chi connectivity index (χ0) is 23.5. The van der Waals surface area contributed by atoms with Crippen LogP contribution in [0.25, 0.3) is 0 Å². The predicted molar refractivity (Wildman–Crippen MR) is 105 cm³/mol. The summed E-state index contributed by atoms with van der Waals surface area (Å²) in [6.45, 7) is 2.38. The maximum atomic E-state index is 12.8. The van der Waals surface area contributed by atoms with E-state index in [1.54, 1.807) is 0 Å². The zero-order valence-corrected chi connectivity index (χ0v) is 17.5. The van der Waals surface area contributed by atoms with Crippen molar-refractivity contribution in [1.82, 2.24) is 19.6 Å². The third-order valence-electron chi connectivity index (χ3n) is 4.85. The molecule has 0 fully saturated rings. The lowest BCUT2D eigenvalue weighted by molar-refractivity contribution is -0.192. The highest BCUT2D eigenvalue weighted by molar-refractivity contribution is 5.79. The van der Waals surface area contributed by atoms with Gasteiger partial charge in [-0.1, -0.05) is 6.07 Å². The van der Waals surface area contributed by atoms with E-state index < -0.39 is 12.1 Å². The molecule has 0 bridgehead atoms. The minimum atomic E-state index is -5.08. The van der Waals surface area contributed by atoms with Crippen molar-refractivity contribution in [2.45, 2.75) is 25.2 Å². The van der Waals surface area contributed by atoms with E-state index in [2.05, 4.69) is 10.00 Å². The Kier molecular flexibility index (Phi) is 6.92. The van der Waals surface area contributed by atoms with Crippen molar-refractivity contribution in [3.63, 3.8) is 0 Å². The Hall–Kier alpha value is -3.28. The van der Waals surface area contributed by atoms with Crippen molar-refractivity contribution >= 4 is 11.9 Å². The summed E-state index contributed by atoms with van der Waals surface area (Å²) >= 11 is 0. The number of rotatable bonds is 4. The average Bonchev–Trinajstić information content (AvgIpc) is 3.36. The summed E-state index contributed by atoms with van der Waals surface area (Å²) in [5.74, 6) is -1.18. The Bertz CT molecular complexity index is 976. The van der Waals surface area contributed by atoms with E-state index in [1.165, 1.54) is 0 Å². The second kappa shape index (κ2) is 9.47. The van der Waals surface area contributed by atoms with Gasteiger partial charge in [-0.05, 0) is 37.9 Å². The number of carboxylic acid groups (broad SMARTS) is 1. The third-order valence-corrected chi connectivity index (χ3v) is 4.85. The van der Waals surface area contributed by atoms with Crippen molar-refractivity contribution in [3.8, 4) is 11.5 Å². The van der Waals surface area contributed by atoms with Crippen LogP contribution in [0.5, 0.6) is 11.5 Å². The van der Waals surface area contributed by atoms with Crippen LogP contribution < -0.4 is 9.47 Å². The fraction of sp³-hybridized carbons (Fsp3) is 0.450. The normalized spacial score (nSPS) is 16.9. The van der Waals surface area contributed by atoms with Gasteiger partial charge >= 0.3 is 12.1 Å². The van der Waals surface area contributed by atoms with E-state index in [0.717, 1.165) is 23.6 Å². The number of benzene rings is 1. The highest BCUT2D eigenvalue weighted by Crippen LogP contribution is 2.33. The SMILES string of the molecule is CN(C)CC1CN(C(=O)Cc2ccc3c(c2)OCO3)Cc2ccnn21.O=C(O)C(F)(F)F. The molecule has 12 heteroatoms. The number of nitrogens with zero attached hydrogens (tertiary/aromatic N) is 4. The number of carboxylic acids is 1. The molecule has 1 aromatic carbocycles. The Balaban J connectivity index is 0.000000360. The molecule has 1 N–H and O–H groups in total. The summed E-state index contributed by atoms with van der Waals surface area (Å²) in [5.41, 5.74) is 2.02. The Morgan fingerprint density at radius 1 is 1.22 bits per heavy atom. The van der Waals surface area contributed by atoms with Crippen LogP contribution in [0.4, 0.5) is 13.2 Å². The number of aromatic nitrogens is 2. The average molecular weight is 456 g/mol. The van der Waals surface area contributed by atoms with Crippen LogP contribution in [0.3, 0.4) is 0 Å². The highest BCUT2D eigenvalue weighted by Gasteiger charge is 2.38. The van der Waals surface area contributed by atoms with Crippen LogP contribution in [-0.2, 0) is 22.6 Å². The molecule has 1 amide bonds. The molecule has 1 aromatic heterocycles. The lowest BCUT2D eigenvalue weighted by Crippen LogP contribution is -2.44. The number of hydrogen-bond donors (Lipinski definition) is 1. The number of halogens is 3. The quantitative estimate of drug-likeness (QED) is 0.751. The summed E-state index contributed by atoms with van der Waals surface area (Å²) in [6.07, 6.45) is -2.91. The molecule has 174 valence electrons. The topological polar surface area (TPSA) is 97.1 Å². The van der Waals surface area contributed by atoms with Gasteiger partial charge in [0.05, 0.1) is 24.7 Å². The zero-order valence-electron chi connectivity index (χ0n) is 17.5. The third kappa shape index (κ3) is 5.69. The maximum Gasteiger partial charge on any atom is 0.490 e. The molecule has 32 heavy (non-hydrogen) atoms. The van der Waals surface area contributed by atoms with Crippen molar-refractivity contribution in [3.05, 3.63) is 41.7 Å². The van der Waals surface area contributed by atoms with Gasteiger partial charge in [-0.3, -0.25) is 9.48 Å². The largest absolute Gasteiger partial charge is 0.490 e. The van der Waals surface area contributed by atoms with Gasteiger partial charge in [0.25, 0.3) is 0 Å². The second-order valence-corrected chi connectivity index (χ2v) is 7.62. The first-order valence-electron chi connectivity index (χ1n) is 9.68. The molecule has 3 heterocycles. The molecule has 2 aliphatic rings. The fourth-order valence-corrected chi connectivity index (χ4v) is 3.47. The van der Waals surface area contributed by atoms with Gasteiger partial charge in [0.2, 0.25) is 12.7 Å². The van der Waals surface area contributed by atoms with Gasteiger partial charge in [0, 0.05) is 19.3 Å². The molecular formula is C20H23F3N4O5. The molecule has 0 spiro atoms. The molecular weight excluding hydrogens is 433 g/mol. The number of carbonyl (C=O) groups is 2. The molecule has 4 rings (SSSR count). The summed E-state index contributed by atoms with van der Waals surface area (Å²) in [7, 11) is 4.08. The van der Waals surface area contributed by atoms with Crippen molar-refractivity contribution in [2.75, 3.05) is 34.0 Å². The van der Waals surface area contributed by atoms with E-state index in [1.807, 2.05) is 54.1 Å². The second-order valence-electron chi connectivity index (χ2n) is 7.62. The molecule has 2 aliphatic heterocycles. The van der Waals surface area contributed by atoms with E-state index in [4.69, 9.17) is 19.4 Å². The Labute approximate surface area is 181 Å². The lowest BCUT2D eigenvalue weighted by Gasteiger charge is -2.35. The fourth-order valence-electron chi connectivity index (χ4n) is 3.47. The standard InChI is InChI=1S/C18H22N4O3.C2HF3O2/c1-20(2)9-15-11-21(10-14-5-6-19-22(14)15)18(23)8-13-3-4-16-17(7-13)25-12-24-16;3-2(4,5)1(6)7/h3-7,15H,8-12H2,1-2H3;(H,6,7). The number of amides is 1. The van der Waals surface area contributed by atoms with Crippen molar-refractivity contribution < 1.29 is 37.3 Å². The number of fused-ring (bicyclic) bond motifs is 2. The van der Waals surface area contributed by atoms with E-state index in [-0.39, 0.29) is 18.7 Å². The van der Waals surface area contributed by atoms with Gasteiger partial charge in [0.1, 0.15) is 0 Å². The van der Waals surface area contributed by atoms with E-state index >= 15 is 0 Å². The molecule has 0 radical (unpaired) electrons. The van der Waals surface area contributed by atoms with Crippen molar-refractivity contribution in [2.24, 2.45) is 0 Å². The number of aliphatic carboxylic acids is 1. The summed E-state index contributed by atoms with van der Waals surface area (Å²) in [5, 5.41) is 11.6. The van der Waals surface area contributed by atoms with Gasteiger partial charge in [0.15, 0.2) is 11.5 Å². The van der Waals surface area contributed by atoms with Gasteiger partial charge in [-0.2, -0.15) is 18.3 Å². The van der Waals surface area contributed by atoms with Crippen LogP contribution in [0, 0.1) is 0 Å². The van der Waals surface area contributed by atoms with E-state index in [9.17, 15) is 18.0 Å². The van der Waals surface area contributed by atoms with E-state index in [0.29, 0.717) is 25.3 Å². The Morgan fingerprint density at radius 3 is 2.56 bits per heavy atom. The smallest absolute Gasteiger partial charge is 0.475 e. The summed E-state index contributed by atoms with van der Waals surface area (Å²) < 4.78 is 44.5.